The Hall–Kier alpha value is -0.980. The van der Waals surface area contributed by atoms with Crippen LogP contribution in [-0.4, -0.2) is 63.4 Å². The topological polar surface area (TPSA) is 65.6 Å². The molecule has 1 aromatic heterocycles. The first-order valence-corrected chi connectivity index (χ1v) is 7.58. The Morgan fingerprint density at radius 1 is 1.35 bits per heavy atom. The normalized spacial score (nSPS) is 26.9. The van der Waals surface area contributed by atoms with E-state index in [0.29, 0.717) is 12.0 Å². The van der Waals surface area contributed by atoms with Crippen molar-refractivity contribution in [2.45, 2.75) is 51.3 Å². The number of aliphatic hydroxyl groups excluding tert-OH is 1. The molecule has 0 amide bonds. The molecule has 0 aromatic carbocycles. The molecule has 2 aliphatic rings. The maximum atomic E-state index is 9.50. The third-order valence-corrected chi connectivity index (χ3v) is 4.12. The van der Waals surface area contributed by atoms with E-state index in [4.69, 9.17) is 4.42 Å². The number of hydrogen-bond acceptors (Lipinski definition) is 6. The first kappa shape index (κ1) is 14.0. The molecule has 0 unspecified atom stereocenters. The van der Waals surface area contributed by atoms with Gasteiger partial charge in [-0.1, -0.05) is 0 Å². The fraction of sp³-hybridized carbons (Fsp3) is 0.857. The van der Waals surface area contributed by atoms with Gasteiger partial charge in [0.1, 0.15) is 0 Å². The third kappa shape index (κ3) is 3.37. The molecule has 3 rings (SSSR count). The van der Waals surface area contributed by atoms with Gasteiger partial charge in [0, 0.05) is 38.1 Å². The van der Waals surface area contributed by atoms with Gasteiger partial charge in [-0.3, -0.25) is 9.80 Å². The Labute approximate surface area is 119 Å². The highest BCUT2D eigenvalue weighted by molar-refractivity contribution is 5.00. The van der Waals surface area contributed by atoms with Gasteiger partial charge < -0.3 is 9.52 Å². The summed E-state index contributed by atoms with van der Waals surface area (Å²) in [7, 11) is 0. The van der Waals surface area contributed by atoms with E-state index in [9.17, 15) is 5.11 Å². The van der Waals surface area contributed by atoms with Crippen molar-refractivity contribution < 1.29 is 9.52 Å². The molecule has 1 aliphatic heterocycles. The maximum Gasteiger partial charge on any atom is 0.230 e. The fourth-order valence-electron chi connectivity index (χ4n) is 2.84. The molecule has 0 radical (unpaired) electrons. The molecule has 1 aliphatic carbocycles. The van der Waals surface area contributed by atoms with E-state index in [1.54, 1.807) is 0 Å². The zero-order valence-corrected chi connectivity index (χ0v) is 12.3. The molecule has 20 heavy (non-hydrogen) atoms. The predicted octanol–water partition coefficient (Wildman–Crippen LogP) is 0.834. The second-order valence-electron chi connectivity index (χ2n) is 6.24. The van der Waals surface area contributed by atoms with Gasteiger partial charge in [-0.15, -0.1) is 10.2 Å². The standard InChI is InChI=1S/C14H24N4O2/c1-10-7-17(5-6-18(10)8-11(2)19)9-13-15-16-14(20-13)12-3-4-12/h10-12,19H,3-9H2,1-2H3/t10-,11+/m0/s1. The zero-order valence-electron chi connectivity index (χ0n) is 12.3. The van der Waals surface area contributed by atoms with Crippen molar-refractivity contribution in [1.82, 2.24) is 20.0 Å². The predicted molar refractivity (Wildman–Crippen MR) is 74.3 cm³/mol. The van der Waals surface area contributed by atoms with Crippen molar-refractivity contribution in [2.75, 3.05) is 26.2 Å². The largest absolute Gasteiger partial charge is 0.424 e. The van der Waals surface area contributed by atoms with Crippen LogP contribution in [0.2, 0.25) is 0 Å². The van der Waals surface area contributed by atoms with Crippen LogP contribution >= 0.6 is 0 Å². The minimum Gasteiger partial charge on any atom is -0.424 e. The van der Waals surface area contributed by atoms with E-state index in [2.05, 4.69) is 26.9 Å². The highest BCUT2D eigenvalue weighted by atomic mass is 16.4. The highest BCUT2D eigenvalue weighted by Gasteiger charge is 2.30. The van der Waals surface area contributed by atoms with E-state index in [1.165, 1.54) is 12.8 Å². The van der Waals surface area contributed by atoms with Crippen molar-refractivity contribution in [1.29, 1.82) is 0 Å². The molecule has 1 aromatic rings. The number of aliphatic hydroxyl groups is 1. The Balaban J connectivity index is 1.51. The number of piperazine rings is 1. The first-order chi connectivity index (χ1) is 9.61. The van der Waals surface area contributed by atoms with Crippen molar-refractivity contribution in [2.24, 2.45) is 0 Å². The Morgan fingerprint density at radius 2 is 2.15 bits per heavy atom. The lowest BCUT2D eigenvalue weighted by atomic mass is 10.1. The number of hydrogen-bond donors (Lipinski definition) is 1. The Morgan fingerprint density at radius 3 is 2.80 bits per heavy atom. The lowest BCUT2D eigenvalue weighted by Gasteiger charge is -2.39. The van der Waals surface area contributed by atoms with Crippen LogP contribution in [0.1, 0.15) is 44.4 Å². The number of rotatable bonds is 5. The van der Waals surface area contributed by atoms with E-state index in [-0.39, 0.29) is 6.10 Å². The summed E-state index contributed by atoms with van der Waals surface area (Å²) in [5.41, 5.74) is 0. The molecule has 2 heterocycles. The van der Waals surface area contributed by atoms with Gasteiger partial charge >= 0.3 is 0 Å². The molecule has 112 valence electrons. The van der Waals surface area contributed by atoms with Crippen LogP contribution in [0, 0.1) is 0 Å². The van der Waals surface area contributed by atoms with E-state index in [1.807, 2.05) is 6.92 Å². The zero-order chi connectivity index (χ0) is 14.1. The molecular formula is C14H24N4O2. The Kier molecular flexibility index (Phi) is 4.05. The van der Waals surface area contributed by atoms with Crippen LogP contribution in [-0.2, 0) is 6.54 Å². The highest BCUT2D eigenvalue weighted by Crippen LogP contribution is 2.39. The average molecular weight is 280 g/mol. The monoisotopic (exact) mass is 280 g/mol. The minimum absolute atomic E-state index is 0.263. The summed E-state index contributed by atoms with van der Waals surface area (Å²) in [6, 6.07) is 0.448. The van der Waals surface area contributed by atoms with Crippen LogP contribution in [0.3, 0.4) is 0 Å². The van der Waals surface area contributed by atoms with Gasteiger partial charge in [0.25, 0.3) is 0 Å². The van der Waals surface area contributed by atoms with Crippen molar-refractivity contribution in [3.63, 3.8) is 0 Å². The van der Waals surface area contributed by atoms with Crippen molar-refractivity contribution in [3.8, 4) is 0 Å². The summed E-state index contributed by atoms with van der Waals surface area (Å²) in [5, 5.41) is 17.8. The average Bonchev–Trinajstić information content (AvgIpc) is 3.14. The van der Waals surface area contributed by atoms with Gasteiger partial charge in [0.2, 0.25) is 11.8 Å². The molecule has 6 nitrogen and oxygen atoms in total. The third-order valence-electron chi connectivity index (χ3n) is 4.12. The van der Waals surface area contributed by atoms with Crippen LogP contribution < -0.4 is 0 Å². The quantitative estimate of drug-likeness (QED) is 0.862. The summed E-state index contributed by atoms with van der Waals surface area (Å²) in [4.78, 5) is 4.69. The lowest BCUT2D eigenvalue weighted by molar-refractivity contribution is 0.0391. The molecule has 1 N–H and O–H groups in total. The molecule has 0 bridgehead atoms. The van der Waals surface area contributed by atoms with Gasteiger partial charge in [0.15, 0.2) is 0 Å². The summed E-state index contributed by atoms with van der Waals surface area (Å²) in [5.74, 6) is 2.09. The summed E-state index contributed by atoms with van der Waals surface area (Å²) in [6.45, 7) is 8.49. The van der Waals surface area contributed by atoms with E-state index >= 15 is 0 Å². The molecule has 2 fully saturated rings. The fourth-order valence-corrected chi connectivity index (χ4v) is 2.84. The van der Waals surface area contributed by atoms with Crippen LogP contribution in [0.5, 0.6) is 0 Å². The molecule has 0 spiro atoms. The Bertz CT molecular complexity index is 444. The number of nitrogens with zero attached hydrogens (tertiary/aromatic N) is 4. The van der Waals surface area contributed by atoms with Crippen LogP contribution in [0.4, 0.5) is 0 Å². The van der Waals surface area contributed by atoms with Crippen molar-refractivity contribution >= 4 is 0 Å². The second-order valence-corrected chi connectivity index (χ2v) is 6.24. The number of β-amino-alcohol motifs (C(OH)–C–C–N with tert-alkyl or cyclic N) is 1. The lowest BCUT2D eigenvalue weighted by Crippen LogP contribution is -2.53. The van der Waals surface area contributed by atoms with Gasteiger partial charge in [-0.05, 0) is 26.7 Å². The van der Waals surface area contributed by atoms with E-state index in [0.717, 1.165) is 44.5 Å². The molecule has 2 atom stereocenters. The van der Waals surface area contributed by atoms with Crippen molar-refractivity contribution in [3.05, 3.63) is 11.8 Å². The minimum atomic E-state index is -0.263. The number of aromatic nitrogens is 2. The molecule has 1 saturated carbocycles. The van der Waals surface area contributed by atoms with Crippen LogP contribution in [0.15, 0.2) is 4.42 Å². The molecule has 6 heteroatoms. The summed E-state index contributed by atoms with van der Waals surface area (Å²) in [6.07, 6.45) is 2.12. The van der Waals surface area contributed by atoms with Gasteiger partial charge in [0.05, 0.1) is 12.6 Å². The van der Waals surface area contributed by atoms with Gasteiger partial charge in [-0.25, -0.2) is 0 Å². The summed E-state index contributed by atoms with van der Waals surface area (Å²) < 4.78 is 5.72. The van der Waals surface area contributed by atoms with Crippen LogP contribution in [0.25, 0.3) is 0 Å². The first-order valence-electron chi connectivity index (χ1n) is 7.58. The summed E-state index contributed by atoms with van der Waals surface area (Å²) >= 11 is 0. The SMILES string of the molecule is C[C@@H](O)CN1CCN(Cc2nnc(C3CC3)o2)C[C@@H]1C. The second kappa shape index (κ2) is 5.79. The van der Waals surface area contributed by atoms with Gasteiger partial charge in [-0.2, -0.15) is 0 Å². The maximum absolute atomic E-state index is 9.50. The molecule has 1 saturated heterocycles. The molecular weight excluding hydrogens is 256 g/mol. The van der Waals surface area contributed by atoms with E-state index < -0.39 is 0 Å². The smallest absolute Gasteiger partial charge is 0.230 e.